The van der Waals surface area contributed by atoms with E-state index in [0.29, 0.717) is 28.9 Å². The van der Waals surface area contributed by atoms with Gasteiger partial charge in [-0.05, 0) is 36.4 Å². The summed E-state index contributed by atoms with van der Waals surface area (Å²) in [5.41, 5.74) is 15.9. The first-order valence-electron chi connectivity index (χ1n) is 12.2. The largest absolute Gasteiger partial charge is 0.384 e. The van der Waals surface area contributed by atoms with Gasteiger partial charge in [0.25, 0.3) is 0 Å². The van der Waals surface area contributed by atoms with Gasteiger partial charge in [-0.3, -0.25) is 9.97 Å². The molecule has 1 fully saturated rings. The Morgan fingerprint density at radius 3 is 1.85 bits per heavy atom. The Kier molecular flexibility index (Phi) is 6.73. The Bertz CT molecular complexity index is 1730. The molecule has 0 spiro atoms. The molecular formula is C26H24BrN11O. The van der Waals surface area contributed by atoms with Crippen molar-refractivity contribution in [2.45, 2.75) is 0 Å². The van der Waals surface area contributed by atoms with E-state index in [2.05, 4.69) is 51.0 Å². The predicted molar refractivity (Wildman–Crippen MR) is 152 cm³/mol. The zero-order valence-corrected chi connectivity index (χ0v) is 22.3. The van der Waals surface area contributed by atoms with Crippen LogP contribution in [0, 0.1) is 0 Å². The summed E-state index contributed by atoms with van der Waals surface area (Å²) in [6.07, 6.45) is 3.43. The van der Waals surface area contributed by atoms with Crippen molar-refractivity contribution in [3.63, 3.8) is 0 Å². The van der Waals surface area contributed by atoms with Crippen LogP contribution in [-0.4, -0.2) is 65.5 Å². The van der Waals surface area contributed by atoms with Gasteiger partial charge in [0.1, 0.15) is 23.0 Å². The highest BCUT2D eigenvalue weighted by Gasteiger charge is 2.16. The SMILES string of the molecule is Nc1cc(Br)cc2nc(-c3ccccn3)nn12.Nc1cc(N2CCOCC2)cc2nc(-c3ccccn3)nn12. The number of anilines is 3. The van der Waals surface area contributed by atoms with Crippen LogP contribution in [0.4, 0.5) is 17.3 Å². The maximum absolute atomic E-state index is 6.14. The molecule has 1 saturated heterocycles. The first-order chi connectivity index (χ1) is 19.0. The Morgan fingerprint density at radius 2 is 1.28 bits per heavy atom. The topological polar surface area (TPSA) is 151 Å². The van der Waals surface area contributed by atoms with Crippen LogP contribution in [0.1, 0.15) is 0 Å². The second-order valence-electron chi connectivity index (χ2n) is 8.68. The van der Waals surface area contributed by atoms with Gasteiger partial charge in [-0.25, -0.2) is 9.97 Å². The number of halogens is 1. The van der Waals surface area contributed by atoms with Crippen LogP contribution in [-0.2, 0) is 4.74 Å². The third kappa shape index (κ3) is 5.22. The predicted octanol–water partition coefficient (Wildman–Crippen LogP) is 3.35. The highest BCUT2D eigenvalue weighted by atomic mass is 79.9. The van der Waals surface area contributed by atoms with Gasteiger partial charge in [-0.2, -0.15) is 9.03 Å². The number of nitrogen functional groups attached to an aromatic ring is 2. The van der Waals surface area contributed by atoms with Crippen molar-refractivity contribution >= 4 is 44.5 Å². The van der Waals surface area contributed by atoms with Crippen LogP contribution in [0.2, 0.25) is 0 Å². The van der Waals surface area contributed by atoms with E-state index in [1.54, 1.807) is 27.5 Å². The van der Waals surface area contributed by atoms with Gasteiger partial charge in [0.05, 0.1) is 13.2 Å². The molecule has 7 rings (SSSR count). The smallest absolute Gasteiger partial charge is 0.200 e. The Balaban J connectivity index is 0.000000147. The van der Waals surface area contributed by atoms with Gasteiger partial charge < -0.3 is 21.1 Å². The standard InChI is InChI=1S/C15H16N6O.C11H8BrN5/c16-13-9-11(20-5-7-22-8-6-20)10-14-18-15(19-21(13)14)12-3-1-2-4-17-12;12-7-5-9(13)17-10(6-7)15-11(16-17)8-3-1-2-4-14-8/h1-4,9-10H,5-8,16H2;1-6H,13H2. The fourth-order valence-electron chi connectivity index (χ4n) is 4.18. The minimum Gasteiger partial charge on any atom is -0.384 e. The van der Waals surface area contributed by atoms with Crippen LogP contribution in [0.3, 0.4) is 0 Å². The molecule has 0 unspecified atom stereocenters. The molecule has 1 aliphatic rings. The molecular weight excluding hydrogens is 562 g/mol. The summed E-state index contributed by atoms with van der Waals surface area (Å²) in [5, 5.41) is 8.76. The summed E-state index contributed by atoms with van der Waals surface area (Å²) in [6, 6.07) is 18.8. The van der Waals surface area contributed by atoms with Gasteiger partial charge >= 0.3 is 0 Å². The van der Waals surface area contributed by atoms with Gasteiger partial charge in [0, 0.05) is 47.8 Å². The average molecular weight is 586 g/mol. The number of hydrogen-bond acceptors (Lipinski definition) is 10. The normalized spacial score (nSPS) is 13.4. The van der Waals surface area contributed by atoms with Gasteiger partial charge in [-0.15, -0.1) is 10.2 Å². The van der Waals surface area contributed by atoms with E-state index in [-0.39, 0.29) is 0 Å². The first-order valence-corrected chi connectivity index (χ1v) is 13.0. The fourth-order valence-corrected chi connectivity index (χ4v) is 4.62. The van der Waals surface area contributed by atoms with E-state index in [9.17, 15) is 0 Å². The molecule has 0 saturated carbocycles. The minimum atomic E-state index is 0.532. The first kappa shape index (κ1) is 24.7. The Morgan fingerprint density at radius 1 is 0.718 bits per heavy atom. The average Bonchev–Trinajstić information content (AvgIpc) is 3.60. The van der Waals surface area contributed by atoms with E-state index in [0.717, 1.165) is 53.5 Å². The van der Waals surface area contributed by atoms with Crippen molar-refractivity contribution in [1.29, 1.82) is 0 Å². The van der Waals surface area contributed by atoms with Crippen molar-refractivity contribution in [1.82, 2.24) is 39.2 Å². The van der Waals surface area contributed by atoms with E-state index in [1.165, 1.54) is 0 Å². The van der Waals surface area contributed by atoms with Crippen LogP contribution in [0.25, 0.3) is 34.3 Å². The lowest BCUT2D eigenvalue weighted by Crippen LogP contribution is -2.36. The van der Waals surface area contributed by atoms with Gasteiger partial charge in [0.2, 0.25) is 11.6 Å². The lowest BCUT2D eigenvalue weighted by Gasteiger charge is -2.28. The van der Waals surface area contributed by atoms with E-state index < -0.39 is 0 Å². The lowest BCUT2D eigenvalue weighted by atomic mass is 10.3. The van der Waals surface area contributed by atoms with Crippen LogP contribution in [0.5, 0.6) is 0 Å². The molecule has 13 heteroatoms. The van der Waals surface area contributed by atoms with Crippen molar-refractivity contribution in [3.05, 3.63) is 77.5 Å². The second kappa shape index (κ2) is 10.6. The molecule has 0 aliphatic carbocycles. The monoisotopic (exact) mass is 585 g/mol. The molecule has 0 atom stereocenters. The highest BCUT2D eigenvalue weighted by molar-refractivity contribution is 9.10. The summed E-state index contributed by atoms with van der Waals surface area (Å²) >= 11 is 3.37. The van der Waals surface area contributed by atoms with E-state index in [1.807, 2.05) is 54.6 Å². The number of hydrogen-bond donors (Lipinski definition) is 2. The number of aromatic nitrogens is 8. The molecule has 1 aliphatic heterocycles. The molecule has 0 radical (unpaired) electrons. The number of morpholine rings is 1. The second-order valence-corrected chi connectivity index (χ2v) is 9.59. The number of pyridine rings is 4. The van der Waals surface area contributed by atoms with Gasteiger partial charge in [0.15, 0.2) is 11.3 Å². The maximum atomic E-state index is 6.14. The maximum Gasteiger partial charge on any atom is 0.200 e. The Hall–Kier alpha value is -4.62. The molecule has 6 aromatic rings. The summed E-state index contributed by atoms with van der Waals surface area (Å²) < 4.78 is 9.50. The van der Waals surface area contributed by atoms with Crippen LogP contribution < -0.4 is 16.4 Å². The number of fused-ring (bicyclic) bond motifs is 2. The summed E-state index contributed by atoms with van der Waals surface area (Å²) in [7, 11) is 0. The zero-order chi connectivity index (χ0) is 26.8. The molecule has 12 nitrogen and oxygen atoms in total. The van der Waals surface area contributed by atoms with Crippen LogP contribution >= 0.6 is 15.9 Å². The number of nitrogens with two attached hydrogens (primary N) is 2. The van der Waals surface area contributed by atoms with Crippen molar-refractivity contribution in [3.8, 4) is 23.0 Å². The van der Waals surface area contributed by atoms with Crippen molar-refractivity contribution in [2.24, 2.45) is 0 Å². The molecule has 6 aromatic heterocycles. The molecule has 4 N–H and O–H groups in total. The van der Waals surface area contributed by atoms with Crippen LogP contribution in [0.15, 0.2) is 77.5 Å². The highest BCUT2D eigenvalue weighted by Crippen LogP contribution is 2.24. The molecule has 7 heterocycles. The van der Waals surface area contributed by atoms with E-state index in [4.69, 9.17) is 16.2 Å². The third-order valence-electron chi connectivity index (χ3n) is 6.04. The van der Waals surface area contributed by atoms with Crippen molar-refractivity contribution < 1.29 is 4.74 Å². The summed E-state index contributed by atoms with van der Waals surface area (Å²) in [5.74, 6) is 2.24. The molecule has 0 amide bonds. The quantitative estimate of drug-likeness (QED) is 0.316. The number of nitrogens with zero attached hydrogens (tertiary/aromatic N) is 9. The molecule has 196 valence electrons. The van der Waals surface area contributed by atoms with Gasteiger partial charge in [-0.1, -0.05) is 28.1 Å². The summed E-state index contributed by atoms with van der Waals surface area (Å²) in [4.78, 5) is 19.7. The number of ether oxygens (including phenoxy) is 1. The summed E-state index contributed by atoms with van der Waals surface area (Å²) in [6.45, 7) is 3.18. The fraction of sp³-hybridized carbons (Fsp3) is 0.154. The number of rotatable bonds is 3. The van der Waals surface area contributed by atoms with Crippen molar-refractivity contribution in [2.75, 3.05) is 42.7 Å². The lowest BCUT2D eigenvalue weighted by molar-refractivity contribution is 0.122. The molecule has 0 bridgehead atoms. The molecule has 0 aromatic carbocycles. The third-order valence-corrected chi connectivity index (χ3v) is 6.50. The minimum absolute atomic E-state index is 0.532. The van der Waals surface area contributed by atoms with E-state index >= 15 is 0 Å². The zero-order valence-electron chi connectivity index (χ0n) is 20.7. The Labute approximate surface area is 231 Å². The molecule has 39 heavy (non-hydrogen) atoms.